The Balaban J connectivity index is 2.35. The third kappa shape index (κ3) is 6.94. The molecule has 1 saturated heterocycles. The van der Waals surface area contributed by atoms with E-state index in [9.17, 15) is 14.4 Å². The van der Waals surface area contributed by atoms with Gasteiger partial charge in [-0.1, -0.05) is 51.1 Å². The maximum atomic E-state index is 13.6. The molecule has 0 saturated carbocycles. The van der Waals surface area contributed by atoms with Gasteiger partial charge in [0.25, 0.3) is 0 Å². The fourth-order valence-corrected chi connectivity index (χ4v) is 6.07. The molecule has 4 atom stereocenters. The van der Waals surface area contributed by atoms with E-state index in [-0.39, 0.29) is 24.5 Å². The van der Waals surface area contributed by atoms with Crippen molar-refractivity contribution in [3.63, 3.8) is 0 Å². The van der Waals surface area contributed by atoms with Crippen LogP contribution in [0.2, 0.25) is 13.1 Å². The van der Waals surface area contributed by atoms with Crippen molar-refractivity contribution in [3.8, 4) is 0 Å². The molecule has 0 aliphatic carbocycles. The molecule has 1 aliphatic rings. The smallest absolute Gasteiger partial charge is 0.326 e. The minimum absolute atomic E-state index is 0.146. The minimum atomic E-state index is -1.55. The molecule has 1 aromatic rings. The van der Waals surface area contributed by atoms with Crippen LogP contribution in [0.1, 0.15) is 61.0 Å². The van der Waals surface area contributed by atoms with Crippen molar-refractivity contribution in [1.82, 2.24) is 4.90 Å². The number of amides is 1. The number of benzene rings is 1. The van der Waals surface area contributed by atoms with Crippen molar-refractivity contribution in [2.75, 3.05) is 6.54 Å². The Hall–Kier alpha value is -2.19. The van der Waals surface area contributed by atoms with Gasteiger partial charge >= 0.3 is 11.9 Å². The van der Waals surface area contributed by atoms with E-state index in [1.165, 1.54) is 4.90 Å². The minimum Gasteiger partial charge on any atom is -0.461 e. The van der Waals surface area contributed by atoms with Gasteiger partial charge in [-0.05, 0) is 58.7 Å². The molecule has 196 valence electrons. The molecular weight excluding hydrogens is 462 g/mol. The average Bonchev–Trinajstić information content (AvgIpc) is 2.71. The maximum Gasteiger partial charge on any atom is 0.326 e. The molecule has 0 bridgehead atoms. The second-order valence-corrected chi connectivity index (χ2v) is 14.3. The number of ether oxygens (including phenoxy) is 2. The Kier molecular flexibility index (Phi) is 8.98. The lowest BCUT2D eigenvalue weighted by molar-refractivity contribution is -0.199. The first-order valence-corrected chi connectivity index (χ1v) is 15.2. The number of carbonyl (C=O) groups is 3. The van der Waals surface area contributed by atoms with Gasteiger partial charge in [0, 0.05) is 0 Å². The van der Waals surface area contributed by atoms with Crippen molar-refractivity contribution >= 4 is 26.9 Å². The Bertz CT molecular complexity index is 904. The molecule has 0 N–H and O–H groups in total. The number of hydrogen-bond acceptors (Lipinski definition) is 6. The zero-order valence-corrected chi connectivity index (χ0v) is 24.2. The van der Waals surface area contributed by atoms with Crippen LogP contribution in [-0.4, -0.2) is 55.6 Å². The van der Waals surface area contributed by atoms with Gasteiger partial charge in [0.05, 0.1) is 23.5 Å². The first-order valence-electron chi connectivity index (χ1n) is 12.4. The number of esters is 2. The third-order valence-corrected chi connectivity index (χ3v) is 7.60. The lowest BCUT2D eigenvalue weighted by Crippen LogP contribution is -2.74. The van der Waals surface area contributed by atoms with Crippen LogP contribution in [0.25, 0.3) is 0 Å². The molecule has 0 radical (unpaired) electrons. The number of rotatable bonds is 9. The first kappa shape index (κ1) is 29.0. The Morgan fingerprint density at radius 2 is 1.60 bits per heavy atom. The molecule has 1 aromatic carbocycles. The van der Waals surface area contributed by atoms with Crippen LogP contribution < -0.4 is 0 Å². The van der Waals surface area contributed by atoms with Gasteiger partial charge in [-0.2, -0.15) is 0 Å². The number of hydrogen-bond donors (Lipinski definition) is 0. The molecule has 0 spiro atoms. The second-order valence-electron chi connectivity index (χ2n) is 11.9. The van der Waals surface area contributed by atoms with E-state index in [0.29, 0.717) is 0 Å². The van der Waals surface area contributed by atoms with Crippen molar-refractivity contribution < 1.29 is 28.3 Å². The second kappa shape index (κ2) is 10.8. The topological polar surface area (TPSA) is 82.1 Å². The fraction of sp³-hybridized carbons (Fsp3) is 0.667. The van der Waals surface area contributed by atoms with Crippen LogP contribution in [-0.2, 0) is 34.9 Å². The molecule has 1 amide bonds. The summed E-state index contributed by atoms with van der Waals surface area (Å²) in [5.41, 5.74) is -0.984. The normalized spacial score (nSPS) is 21.2. The van der Waals surface area contributed by atoms with Crippen molar-refractivity contribution in [3.05, 3.63) is 35.9 Å². The highest BCUT2D eigenvalue weighted by Gasteiger charge is 2.63. The van der Waals surface area contributed by atoms with Crippen LogP contribution in [0, 0.1) is 17.3 Å². The third-order valence-electron chi connectivity index (χ3n) is 6.64. The molecule has 1 heterocycles. The van der Waals surface area contributed by atoms with Gasteiger partial charge in [0.2, 0.25) is 5.91 Å². The number of carbonyl (C=O) groups excluding carboxylic acids is 3. The number of β-lactam (4-membered cyclic amide) rings is 1. The average molecular weight is 506 g/mol. The standard InChI is InChI=1S/C27H43NO6Si/c1-18(24(31)32-17-19-14-12-11-13-15-19)22-21(27(8,25(2,3)4)34-35(9)10)23(30)28(22)16-20(29)33-26(5,6)7/h11-15,18,21-22,35H,16-17H2,1-10H3/t18-,21+,22+,27+/m0/s1. The molecule has 8 heteroatoms. The van der Waals surface area contributed by atoms with Crippen LogP contribution in [0.3, 0.4) is 0 Å². The summed E-state index contributed by atoms with van der Waals surface area (Å²) in [6, 6.07) is 8.91. The lowest BCUT2D eigenvalue weighted by atomic mass is 9.61. The van der Waals surface area contributed by atoms with E-state index in [0.717, 1.165) is 5.56 Å². The zero-order valence-electron chi connectivity index (χ0n) is 23.0. The molecule has 1 aliphatic heterocycles. The van der Waals surface area contributed by atoms with E-state index in [1.807, 2.05) is 58.0 Å². The first-order chi connectivity index (χ1) is 16.0. The fourth-order valence-electron chi connectivity index (χ4n) is 4.59. The Labute approximate surface area is 212 Å². The summed E-state index contributed by atoms with van der Waals surface area (Å²) in [7, 11) is -1.55. The molecule has 1 fully saturated rings. The summed E-state index contributed by atoms with van der Waals surface area (Å²) in [5.74, 6) is -2.35. The van der Waals surface area contributed by atoms with E-state index in [4.69, 9.17) is 13.9 Å². The summed E-state index contributed by atoms with van der Waals surface area (Å²) in [5, 5.41) is 0. The molecule has 7 nitrogen and oxygen atoms in total. The highest BCUT2D eigenvalue weighted by atomic mass is 28.3. The molecule has 2 rings (SSSR count). The summed E-state index contributed by atoms with van der Waals surface area (Å²) in [6.07, 6.45) is 0. The maximum absolute atomic E-state index is 13.6. The van der Waals surface area contributed by atoms with Crippen LogP contribution in [0.5, 0.6) is 0 Å². The highest BCUT2D eigenvalue weighted by Crippen LogP contribution is 2.49. The van der Waals surface area contributed by atoms with Gasteiger partial charge in [-0.25, -0.2) is 0 Å². The van der Waals surface area contributed by atoms with E-state index >= 15 is 0 Å². The predicted molar refractivity (Wildman–Crippen MR) is 138 cm³/mol. The zero-order chi connectivity index (χ0) is 26.8. The largest absolute Gasteiger partial charge is 0.461 e. The van der Waals surface area contributed by atoms with E-state index < -0.39 is 50.1 Å². The Morgan fingerprint density at radius 3 is 2.09 bits per heavy atom. The van der Waals surface area contributed by atoms with Gasteiger partial charge in [-0.15, -0.1) is 0 Å². The summed E-state index contributed by atoms with van der Waals surface area (Å²) < 4.78 is 17.6. The monoisotopic (exact) mass is 505 g/mol. The number of nitrogens with zero attached hydrogens (tertiary/aromatic N) is 1. The SMILES string of the molecule is C[C@H](C(=O)OCc1ccccc1)[C@@H]1[C@@H]([C@@](C)(O[SiH](C)C)C(C)(C)C)C(=O)N1CC(=O)OC(C)(C)C. The Morgan fingerprint density at radius 1 is 1.03 bits per heavy atom. The summed E-state index contributed by atoms with van der Waals surface area (Å²) in [6.45, 7) is 19.3. The highest BCUT2D eigenvalue weighted by molar-refractivity contribution is 6.48. The number of likely N-dealkylation sites (tertiary alicyclic amines) is 1. The lowest BCUT2D eigenvalue weighted by Gasteiger charge is -2.59. The van der Waals surface area contributed by atoms with Gasteiger partial charge < -0.3 is 18.8 Å². The van der Waals surface area contributed by atoms with Crippen LogP contribution in [0.4, 0.5) is 0 Å². The van der Waals surface area contributed by atoms with Crippen LogP contribution in [0.15, 0.2) is 30.3 Å². The van der Waals surface area contributed by atoms with Crippen molar-refractivity contribution in [1.29, 1.82) is 0 Å². The van der Waals surface area contributed by atoms with Crippen molar-refractivity contribution in [2.24, 2.45) is 17.3 Å². The summed E-state index contributed by atoms with van der Waals surface area (Å²) >= 11 is 0. The van der Waals surface area contributed by atoms with Crippen molar-refractivity contribution in [2.45, 2.75) is 92.3 Å². The molecule has 0 aromatic heterocycles. The van der Waals surface area contributed by atoms with Crippen LogP contribution >= 0.6 is 0 Å². The molecule has 35 heavy (non-hydrogen) atoms. The molecule has 0 unspecified atom stereocenters. The van der Waals surface area contributed by atoms with E-state index in [1.54, 1.807) is 27.7 Å². The van der Waals surface area contributed by atoms with Gasteiger partial charge in [-0.3, -0.25) is 14.4 Å². The van der Waals surface area contributed by atoms with E-state index in [2.05, 4.69) is 13.1 Å². The van der Waals surface area contributed by atoms with Gasteiger partial charge in [0.1, 0.15) is 18.8 Å². The predicted octanol–water partition coefficient (Wildman–Crippen LogP) is 4.34. The van der Waals surface area contributed by atoms with Gasteiger partial charge in [0.15, 0.2) is 9.04 Å². The quantitative estimate of drug-likeness (QED) is 0.282. The summed E-state index contributed by atoms with van der Waals surface area (Å²) in [4.78, 5) is 40.8. The molecular formula is C27H43NO6Si.